The van der Waals surface area contributed by atoms with Gasteiger partial charge in [0.25, 0.3) is 0 Å². The van der Waals surface area contributed by atoms with Crippen molar-refractivity contribution in [3.8, 4) is 11.8 Å². The highest BCUT2D eigenvalue weighted by molar-refractivity contribution is 5.79. The molecule has 0 spiro atoms. The largest absolute Gasteiger partial charge is 0.484 e. The van der Waals surface area contributed by atoms with Crippen molar-refractivity contribution in [1.82, 2.24) is 15.2 Å². The van der Waals surface area contributed by atoms with Crippen molar-refractivity contribution >= 4 is 10.9 Å². The Morgan fingerprint density at radius 2 is 2.23 bits per heavy atom. The summed E-state index contributed by atoms with van der Waals surface area (Å²) < 4.78 is 6.14. The molecule has 0 amide bonds. The van der Waals surface area contributed by atoms with Gasteiger partial charge in [0, 0.05) is 17.6 Å². The van der Waals surface area contributed by atoms with Crippen LogP contribution >= 0.6 is 0 Å². The average molecular weight is 290 g/mol. The molecule has 22 heavy (non-hydrogen) atoms. The van der Waals surface area contributed by atoms with E-state index in [1.54, 1.807) is 12.4 Å². The van der Waals surface area contributed by atoms with Crippen LogP contribution in [0.2, 0.25) is 0 Å². The van der Waals surface area contributed by atoms with Gasteiger partial charge in [0.15, 0.2) is 0 Å². The molecule has 1 atom stereocenters. The lowest BCUT2D eigenvalue weighted by Crippen LogP contribution is -2.17. The predicted molar refractivity (Wildman–Crippen MR) is 81.4 cm³/mol. The number of nitriles is 1. The zero-order valence-corrected chi connectivity index (χ0v) is 11.9. The Morgan fingerprint density at radius 3 is 3.14 bits per heavy atom. The quantitative estimate of drug-likeness (QED) is 0.786. The zero-order valence-electron chi connectivity index (χ0n) is 11.9. The molecule has 2 heterocycles. The summed E-state index contributed by atoms with van der Waals surface area (Å²) in [5.74, 6) is 0.806. The number of benzene rings is 1. The molecular formula is C17H14N4O. The first-order valence-electron chi connectivity index (χ1n) is 7.32. The number of hydrogen-bond donors (Lipinski definition) is 1. The van der Waals surface area contributed by atoms with Gasteiger partial charge in [0.2, 0.25) is 0 Å². The third-order valence-corrected chi connectivity index (χ3v) is 4.04. The highest BCUT2D eigenvalue weighted by Gasteiger charge is 2.23. The molecule has 0 bridgehead atoms. The van der Waals surface area contributed by atoms with Crippen molar-refractivity contribution < 1.29 is 4.74 Å². The summed E-state index contributed by atoms with van der Waals surface area (Å²) in [6.07, 6.45) is 6.29. The highest BCUT2D eigenvalue weighted by Crippen LogP contribution is 2.33. The molecular weight excluding hydrogens is 276 g/mol. The van der Waals surface area contributed by atoms with Crippen LogP contribution in [0.4, 0.5) is 0 Å². The maximum Gasteiger partial charge on any atom is 0.141 e. The lowest BCUT2D eigenvalue weighted by atomic mass is 9.93. The van der Waals surface area contributed by atoms with E-state index in [2.05, 4.69) is 21.3 Å². The third kappa shape index (κ3) is 2.19. The number of H-pyrrole nitrogens is 1. The van der Waals surface area contributed by atoms with E-state index in [-0.39, 0.29) is 6.10 Å². The van der Waals surface area contributed by atoms with Crippen LogP contribution in [0.1, 0.15) is 35.8 Å². The number of fused-ring (bicyclic) bond motifs is 2. The molecule has 0 saturated carbocycles. The van der Waals surface area contributed by atoms with Gasteiger partial charge in [-0.2, -0.15) is 10.4 Å². The Labute approximate surface area is 127 Å². The van der Waals surface area contributed by atoms with Crippen LogP contribution in [0.25, 0.3) is 10.9 Å². The lowest BCUT2D eigenvalue weighted by Gasteiger charge is -2.25. The molecule has 2 aromatic heterocycles. The molecule has 5 heteroatoms. The van der Waals surface area contributed by atoms with Crippen LogP contribution in [0.5, 0.6) is 5.75 Å². The van der Waals surface area contributed by atoms with Gasteiger partial charge in [0.05, 0.1) is 23.0 Å². The molecule has 1 aliphatic rings. The molecule has 0 fully saturated rings. The minimum absolute atomic E-state index is 0.0585. The average Bonchev–Trinajstić information content (AvgIpc) is 3.02. The number of nitrogens with one attached hydrogen (secondary N) is 1. The Balaban J connectivity index is 1.65. The van der Waals surface area contributed by atoms with E-state index in [1.165, 1.54) is 0 Å². The number of aryl methyl sites for hydroxylation is 1. The van der Waals surface area contributed by atoms with Crippen LogP contribution in [-0.2, 0) is 6.42 Å². The van der Waals surface area contributed by atoms with Gasteiger partial charge in [-0.1, -0.05) is 0 Å². The fourth-order valence-corrected chi connectivity index (χ4v) is 2.96. The van der Waals surface area contributed by atoms with Crippen LogP contribution < -0.4 is 4.74 Å². The van der Waals surface area contributed by atoms with E-state index in [1.807, 2.05) is 24.3 Å². The summed E-state index contributed by atoms with van der Waals surface area (Å²) in [6, 6.07) is 9.97. The van der Waals surface area contributed by atoms with E-state index in [0.717, 1.165) is 47.2 Å². The molecule has 0 saturated heterocycles. The Morgan fingerprint density at radius 1 is 1.27 bits per heavy atom. The zero-order chi connectivity index (χ0) is 14.9. The third-order valence-electron chi connectivity index (χ3n) is 4.04. The first-order valence-corrected chi connectivity index (χ1v) is 7.32. The maximum absolute atomic E-state index is 8.99. The first kappa shape index (κ1) is 12.8. The molecule has 5 nitrogen and oxygen atoms in total. The molecule has 1 N–H and O–H groups in total. The predicted octanol–water partition coefficient (Wildman–Crippen LogP) is 3.29. The Hall–Kier alpha value is -2.87. The molecule has 108 valence electrons. The summed E-state index contributed by atoms with van der Waals surface area (Å²) >= 11 is 0. The molecule has 4 rings (SSSR count). The van der Waals surface area contributed by atoms with Gasteiger partial charge < -0.3 is 4.74 Å². The molecule has 0 radical (unpaired) electrons. The standard InChI is InChI=1S/C17H14N4O/c18-8-11-6-12-2-1-3-16(17(12)19-9-11)22-14-5-4-13-10-20-21-15(13)7-14/h4-7,9-10,16H,1-3H2,(H,20,21). The second kappa shape index (κ2) is 5.15. The number of rotatable bonds is 2. The van der Waals surface area contributed by atoms with Crippen molar-refractivity contribution in [1.29, 1.82) is 5.26 Å². The molecule has 1 aliphatic carbocycles. The monoisotopic (exact) mass is 290 g/mol. The minimum Gasteiger partial charge on any atom is -0.484 e. The Bertz CT molecular complexity index is 878. The number of ether oxygens (including phenoxy) is 1. The van der Waals surface area contributed by atoms with Crippen molar-refractivity contribution in [3.63, 3.8) is 0 Å². The summed E-state index contributed by atoms with van der Waals surface area (Å²) in [5.41, 5.74) is 3.65. The van der Waals surface area contributed by atoms with E-state index in [4.69, 9.17) is 10.00 Å². The van der Waals surface area contributed by atoms with Gasteiger partial charge in [-0.15, -0.1) is 0 Å². The van der Waals surface area contributed by atoms with Gasteiger partial charge >= 0.3 is 0 Å². The van der Waals surface area contributed by atoms with Gasteiger partial charge in [-0.25, -0.2) is 0 Å². The van der Waals surface area contributed by atoms with Crippen LogP contribution in [0.15, 0.2) is 36.7 Å². The van der Waals surface area contributed by atoms with E-state index < -0.39 is 0 Å². The number of nitrogens with zero attached hydrogens (tertiary/aromatic N) is 3. The van der Waals surface area contributed by atoms with Crippen LogP contribution in [0.3, 0.4) is 0 Å². The smallest absolute Gasteiger partial charge is 0.141 e. The van der Waals surface area contributed by atoms with Crippen molar-refractivity contribution in [2.75, 3.05) is 0 Å². The van der Waals surface area contributed by atoms with Crippen molar-refractivity contribution in [2.24, 2.45) is 0 Å². The van der Waals surface area contributed by atoms with Crippen LogP contribution in [0, 0.1) is 11.3 Å². The summed E-state index contributed by atoms with van der Waals surface area (Å²) in [4.78, 5) is 4.45. The molecule has 1 unspecified atom stereocenters. The van der Waals surface area contributed by atoms with E-state index in [0.29, 0.717) is 5.56 Å². The van der Waals surface area contributed by atoms with Crippen molar-refractivity contribution in [2.45, 2.75) is 25.4 Å². The number of aromatic amines is 1. The maximum atomic E-state index is 8.99. The summed E-state index contributed by atoms with van der Waals surface area (Å²) in [5, 5.41) is 17.0. The van der Waals surface area contributed by atoms with Gasteiger partial charge in [-0.05, 0) is 43.0 Å². The second-order valence-electron chi connectivity index (χ2n) is 5.50. The number of hydrogen-bond acceptors (Lipinski definition) is 4. The van der Waals surface area contributed by atoms with Gasteiger partial charge in [-0.3, -0.25) is 10.1 Å². The number of pyridine rings is 1. The van der Waals surface area contributed by atoms with Crippen molar-refractivity contribution in [3.05, 3.63) is 53.5 Å². The topological polar surface area (TPSA) is 74.6 Å². The fourth-order valence-electron chi connectivity index (χ4n) is 2.96. The lowest BCUT2D eigenvalue weighted by molar-refractivity contribution is 0.178. The normalized spacial score (nSPS) is 17.0. The van der Waals surface area contributed by atoms with Gasteiger partial charge in [0.1, 0.15) is 17.9 Å². The first-order chi connectivity index (χ1) is 10.8. The Kier molecular flexibility index (Phi) is 3.01. The SMILES string of the molecule is N#Cc1cnc2c(c1)CCCC2Oc1ccc2cn[nH]c2c1. The second-order valence-corrected chi connectivity index (χ2v) is 5.50. The fraction of sp³-hybridized carbons (Fsp3) is 0.235. The molecule has 3 aromatic rings. The number of aromatic nitrogens is 3. The van der Waals surface area contributed by atoms with E-state index >= 15 is 0 Å². The molecule has 1 aromatic carbocycles. The molecule has 0 aliphatic heterocycles. The minimum atomic E-state index is -0.0585. The highest BCUT2D eigenvalue weighted by atomic mass is 16.5. The van der Waals surface area contributed by atoms with E-state index in [9.17, 15) is 0 Å². The van der Waals surface area contributed by atoms with Crippen LogP contribution in [-0.4, -0.2) is 15.2 Å². The summed E-state index contributed by atoms with van der Waals surface area (Å²) in [7, 11) is 0. The summed E-state index contributed by atoms with van der Waals surface area (Å²) in [6.45, 7) is 0.